The van der Waals surface area contributed by atoms with Gasteiger partial charge in [-0.2, -0.15) is 0 Å². The van der Waals surface area contributed by atoms with Gasteiger partial charge in [-0.15, -0.1) is 11.6 Å². The SMILES string of the molecule is Cc1ccc(CNc2ccccc2CCl)c(Cl)c1. The van der Waals surface area contributed by atoms with Crippen LogP contribution in [0.25, 0.3) is 0 Å². The smallest absolute Gasteiger partial charge is 0.0494 e. The van der Waals surface area contributed by atoms with E-state index in [9.17, 15) is 0 Å². The van der Waals surface area contributed by atoms with Gasteiger partial charge in [0.25, 0.3) is 0 Å². The molecule has 1 N–H and O–H groups in total. The van der Waals surface area contributed by atoms with Crippen molar-refractivity contribution in [2.45, 2.75) is 19.3 Å². The van der Waals surface area contributed by atoms with Gasteiger partial charge in [0.1, 0.15) is 0 Å². The van der Waals surface area contributed by atoms with E-state index in [1.54, 1.807) is 0 Å². The lowest BCUT2D eigenvalue weighted by Crippen LogP contribution is -2.02. The van der Waals surface area contributed by atoms with Crippen LogP contribution in [0.3, 0.4) is 0 Å². The van der Waals surface area contributed by atoms with Crippen LogP contribution in [-0.4, -0.2) is 0 Å². The van der Waals surface area contributed by atoms with Crippen LogP contribution in [0.4, 0.5) is 5.69 Å². The summed E-state index contributed by atoms with van der Waals surface area (Å²) in [6, 6.07) is 14.1. The third kappa shape index (κ3) is 3.18. The van der Waals surface area contributed by atoms with Crippen molar-refractivity contribution in [2.75, 3.05) is 5.32 Å². The lowest BCUT2D eigenvalue weighted by atomic mass is 10.1. The fraction of sp³-hybridized carbons (Fsp3) is 0.200. The number of anilines is 1. The van der Waals surface area contributed by atoms with Crippen molar-refractivity contribution in [1.29, 1.82) is 0 Å². The minimum Gasteiger partial charge on any atom is -0.381 e. The average Bonchev–Trinajstić information content (AvgIpc) is 2.38. The van der Waals surface area contributed by atoms with Gasteiger partial charge in [-0.1, -0.05) is 41.9 Å². The van der Waals surface area contributed by atoms with Crippen LogP contribution in [0.1, 0.15) is 16.7 Å². The zero-order valence-electron chi connectivity index (χ0n) is 10.2. The molecule has 0 aliphatic rings. The first-order valence-electron chi connectivity index (χ1n) is 5.83. The van der Waals surface area contributed by atoms with E-state index in [4.69, 9.17) is 23.2 Å². The first-order valence-corrected chi connectivity index (χ1v) is 6.74. The predicted molar refractivity (Wildman–Crippen MR) is 79.5 cm³/mol. The molecular weight excluding hydrogens is 265 g/mol. The highest BCUT2D eigenvalue weighted by Gasteiger charge is 2.03. The fourth-order valence-electron chi connectivity index (χ4n) is 1.80. The van der Waals surface area contributed by atoms with E-state index in [0.29, 0.717) is 12.4 Å². The molecule has 2 aromatic carbocycles. The molecular formula is C15H15Cl2N. The average molecular weight is 280 g/mol. The number of nitrogens with one attached hydrogen (secondary N) is 1. The normalized spacial score (nSPS) is 10.4. The summed E-state index contributed by atoms with van der Waals surface area (Å²) in [7, 11) is 0. The molecule has 0 amide bonds. The van der Waals surface area contributed by atoms with Gasteiger partial charge in [0.05, 0.1) is 0 Å². The van der Waals surface area contributed by atoms with Gasteiger partial charge in [0, 0.05) is 23.1 Å². The Labute approximate surface area is 118 Å². The van der Waals surface area contributed by atoms with Gasteiger partial charge in [0.15, 0.2) is 0 Å². The molecule has 0 bridgehead atoms. The summed E-state index contributed by atoms with van der Waals surface area (Å²) in [6.45, 7) is 2.74. The van der Waals surface area contributed by atoms with Gasteiger partial charge in [-0.25, -0.2) is 0 Å². The zero-order chi connectivity index (χ0) is 13.0. The van der Waals surface area contributed by atoms with Gasteiger partial charge in [-0.05, 0) is 35.7 Å². The molecule has 2 rings (SSSR count). The van der Waals surface area contributed by atoms with Crippen LogP contribution in [-0.2, 0) is 12.4 Å². The summed E-state index contributed by atoms with van der Waals surface area (Å²) < 4.78 is 0. The second kappa shape index (κ2) is 6.12. The molecule has 0 aromatic heterocycles. The Hall–Kier alpha value is -1.18. The molecule has 0 saturated carbocycles. The molecule has 0 saturated heterocycles. The molecule has 94 valence electrons. The molecule has 0 aliphatic heterocycles. The van der Waals surface area contributed by atoms with Crippen LogP contribution in [0, 0.1) is 6.92 Å². The Morgan fingerprint density at radius 2 is 1.83 bits per heavy atom. The second-order valence-electron chi connectivity index (χ2n) is 4.24. The van der Waals surface area contributed by atoms with Gasteiger partial charge >= 0.3 is 0 Å². The number of para-hydroxylation sites is 1. The van der Waals surface area contributed by atoms with Crippen molar-refractivity contribution >= 4 is 28.9 Å². The highest BCUT2D eigenvalue weighted by atomic mass is 35.5. The van der Waals surface area contributed by atoms with Crippen molar-refractivity contribution in [2.24, 2.45) is 0 Å². The number of rotatable bonds is 4. The van der Waals surface area contributed by atoms with E-state index in [-0.39, 0.29) is 0 Å². The standard InChI is InChI=1S/C15H15Cl2N/c1-11-6-7-13(14(17)8-11)10-18-15-5-3-2-4-12(15)9-16/h2-8,18H,9-10H2,1H3. The lowest BCUT2D eigenvalue weighted by Gasteiger charge is -2.11. The monoisotopic (exact) mass is 279 g/mol. The van der Waals surface area contributed by atoms with E-state index in [0.717, 1.165) is 21.8 Å². The summed E-state index contributed by atoms with van der Waals surface area (Å²) in [4.78, 5) is 0. The molecule has 0 unspecified atom stereocenters. The number of aryl methyl sites for hydroxylation is 1. The Morgan fingerprint density at radius 3 is 2.56 bits per heavy atom. The van der Waals surface area contributed by atoms with Crippen LogP contribution in [0.2, 0.25) is 5.02 Å². The Bertz CT molecular complexity index is 538. The molecule has 0 spiro atoms. The van der Waals surface area contributed by atoms with E-state index in [2.05, 4.69) is 11.4 Å². The van der Waals surface area contributed by atoms with Gasteiger partial charge < -0.3 is 5.32 Å². The van der Waals surface area contributed by atoms with Gasteiger partial charge in [-0.3, -0.25) is 0 Å². The van der Waals surface area contributed by atoms with Crippen molar-refractivity contribution in [1.82, 2.24) is 0 Å². The van der Waals surface area contributed by atoms with Crippen molar-refractivity contribution in [3.8, 4) is 0 Å². The lowest BCUT2D eigenvalue weighted by molar-refractivity contribution is 1.13. The van der Waals surface area contributed by atoms with E-state index in [1.165, 1.54) is 5.56 Å². The molecule has 0 heterocycles. The van der Waals surface area contributed by atoms with Gasteiger partial charge in [0.2, 0.25) is 0 Å². The first kappa shape index (κ1) is 13.3. The Kier molecular flexibility index (Phi) is 4.51. The third-order valence-electron chi connectivity index (χ3n) is 2.84. The Morgan fingerprint density at radius 1 is 1.06 bits per heavy atom. The maximum atomic E-state index is 6.20. The van der Waals surface area contributed by atoms with Crippen LogP contribution in [0.5, 0.6) is 0 Å². The quantitative estimate of drug-likeness (QED) is 0.777. The highest BCUT2D eigenvalue weighted by molar-refractivity contribution is 6.31. The van der Waals surface area contributed by atoms with Crippen molar-refractivity contribution in [3.05, 3.63) is 64.2 Å². The maximum Gasteiger partial charge on any atom is 0.0494 e. The molecule has 0 fully saturated rings. The molecule has 0 radical (unpaired) electrons. The van der Waals surface area contributed by atoms with E-state index in [1.807, 2.05) is 43.3 Å². The molecule has 2 aromatic rings. The van der Waals surface area contributed by atoms with Crippen molar-refractivity contribution < 1.29 is 0 Å². The first-order chi connectivity index (χ1) is 8.70. The van der Waals surface area contributed by atoms with Crippen molar-refractivity contribution in [3.63, 3.8) is 0 Å². The second-order valence-corrected chi connectivity index (χ2v) is 4.91. The summed E-state index contributed by atoms with van der Waals surface area (Å²) in [5.41, 5.74) is 4.42. The number of hydrogen-bond donors (Lipinski definition) is 1. The predicted octanol–water partition coefficient (Wildman–Crippen LogP) is 5.00. The molecule has 0 atom stereocenters. The molecule has 1 nitrogen and oxygen atoms in total. The minimum atomic E-state index is 0.505. The van der Waals surface area contributed by atoms with E-state index >= 15 is 0 Å². The largest absolute Gasteiger partial charge is 0.381 e. The number of halogens is 2. The summed E-state index contributed by atoms with van der Waals surface area (Å²) in [6.07, 6.45) is 0. The zero-order valence-corrected chi connectivity index (χ0v) is 11.7. The number of hydrogen-bond acceptors (Lipinski definition) is 1. The molecule has 3 heteroatoms. The van der Waals surface area contributed by atoms with Crippen LogP contribution < -0.4 is 5.32 Å². The van der Waals surface area contributed by atoms with Crippen LogP contribution >= 0.6 is 23.2 Å². The highest BCUT2D eigenvalue weighted by Crippen LogP contribution is 2.21. The topological polar surface area (TPSA) is 12.0 Å². The van der Waals surface area contributed by atoms with E-state index < -0.39 is 0 Å². The molecule has 18 heavy (non-hydrogen) atoms. The summed E-state index contributed by atoms with van der Waals surface area (Å²) >= 11 is 12.1. The maximum absolute atomic E-state index is 6.20. The minimum absolute atomic E-state index is 0.505. The number of alkyl halides is 1. The van der Waals surface area contributed by atoms with Crippen LogP contribution in [0.15, 0.2) is 42.5 Å². The number of benzene rings is 2. The molecule has 0 aliphatic carbocycles. The summed E-state index contributed by atoms with van der Waals surface area (Å²) in [5.74, 6) is 0.505. The fourth-order valence-corrected chi connectivity index (χ4v) is 2.33. The third-order valence-corrected chi connectivity index (χ3v) is 3.48. The Balaban J connectivity index is 2.11. The summed E-state index contributed by atoms with van der Waals surface area (Å²) in [5, 5.41) is 4.17.